The average molecular weight is 287 g/mol. The second-order valence-corrected chi connectivity index (χ2v) is 5.20. The molecule has 0 fully saturated rings. The van der Waals surface area contributed by atoms with Crippen LogP contribution in [-0.4, -0.2) is 12.2 Å². The molecular formula is C13H19BrO2. The Morgan fingerprint density at radius 2 is 1.88 bits per heavy atom. The van der Waals surface area contributed by atoms with E-state index in [1.54, 1.807) is 14.0 Å². The molecule has 0 aliphatic carbocycles. The lowest BCUT2D eigenvalue weighted by molar-refractivity contribution is 0.193. The summed E-state index contributed by atoms with van der Waals surface area (Å²) in [5.41, 5.74) is 3.03. The molecule has 0 radical (unpaired) electrons. The van der Waals surface area contributed by atoms with Gasteiger partial charge in [-0.1, -0.05) is 29.8 Å². The SMILES string of the molecule is COc1c(C(C)C)cc(Br)c(C)c1C(C)O. The number of ether oxygens (including phenoxy) is 1. The first-order chi connectivity index (χ1) is 7.40. The van der Waals surface area contributed by atoms with Crippen molar-refractivity contribution >= 4 is 15.9 Å². The summed E-state index contributed by atoms with van der Waals surface area (Å²) in [6.07, 6.45) is -0.523. The number of halogens is 1. The van der Waals surface area contributed by atoms with Crippen molar-refractivity contribution in [2.45, 2.75) is 39.7 Å². The highest BCUT2D eigenvalue weighted by atomic mass is 79.9. The van der Waals surface area contributed by atoms with Gasteiger partial charge in [-0.15, -0.1) is 0 Å². The molecule has 0 heterocycles. The average Bonchev–Trinajstić information content (AvgIpc) is 2.20. The third kappa shape index (κ3) is 2.41. The van der Waals surface area contributed by atoms with Crippen molar-refractivity contribution < 1.29 is 9.84 Å². The molecule has 3 heteroatoms. The predicted molar refractivity (Wildman–Crippen MR) is 70.2 cm³/mol. The third-order valence-electron chi connectivity index (χ3n) is 2.80. The number of aliphatic hydroxyl groups excluding tert-OH is 1. The molecule has 1 atom stereocenters. The minimum absolute atomic E-state index is 0.365. The molecular weight excluding hydrogens is 268 g/mol. The van der Waals surface area contributed by atoms with E-state index in [2.05, 4.69) is 35.8 Å². The van der Waals surface area contributed by atoms with E-state index in [0.29, 0.717) is 5.92 Å². The van der Waals surface area contributed by atoms with Gasteiger partial charge in [0.25, 0.3) is 0 Å². The Morgan fingerprint density at radius 1 is 1.31 bits per heavy atom. The fraction of sp³-hybridized carbons (Fsp3) is 0.538. The monoisotopic (exact) mass is 286 g/mol. The first-order valence-electron chi connectivity index (χ1n) is 5.45. The van der Waals surface area contributed by atoms with E-state index >= 15 is 0 Å². The Bertz CT molecular complexity index is 384. The number of benzene rings is 1. The molecule has 1 rings (SSSR count). The van der Waals surface area contributed by atoms with Crippen molar-refractivity contribution in [2.75, 3.05) is 7.11 Å². The Kier molecular flexibility index (Phi) is 4.39. The van der Waals surface area contributed by atoms with E-state index in [4.69, 9.17) is 4.74 Å². The van der Waals surface area contributed by atoms with Crippen LogP contribution in [0.15, 0.2) is 10.5 Å². The smallest absolute Gasteiger partial charge is 0.128 e. The van der Waals surface area contributed by atoms with E-state index in [9.17, 15) is 5.11 Å². The Hall–Kier alpha value is -0.540. The maximum atomic E-state index is 9.85. The van der Waals surface area contributed by atoms with E-state index < -0.39 is 6.10 Å². The van der Waals surface area contributed by atoms with Crippen molar-refractivity contribution in [2.24, 2.45) is 0 Å². The number of hydrogen-bond acceptors (Lipinski definition) is 2. The fourth-order valence-electron chi connectivity index (χ4n) is 1.92. The van der Waals surface area contributed by atoms with E-state index in [-0.39, 0.29) is 0 Å². The largest absolute Gasteiger partial charge is 0.496 e. The molecule has 1 aromatic rings. The van der Waals surface area contributed by atoms with Crippen LogP contribution in [-0.2, 0) is 0 Å². The lowest BCUT2D eigenvalue weighted by Crippen LogP contribution is -2.05. The minimum atomic E-state index is -0.523. The molecule has 0 amide bonds. The summed E-state index contributed by atoms with van der Waals surface area (Å²) in [5.74, 6) is 1.18. The molecule has 0 aromatic heterocycles. The van der Waals surface area contributed by atoms with Crippen LogP contribution < -0.4 is 4.74 Å². The molecule has 16 heavy (non-hydrogen) atoms. The van der Waals surface area contributed by atoms with E-state index in [0.717, 1.165) is 26.9 Å². The zero-order chi connectivity index (χ0) is 12.5. The molecule has 0 aliphatic heterocycles. The summed E-state index contributed by atoms with van der Waals surface area (Å²) in [7, 11) is 1.65. The second-order valence-electron chi connectivity index (χ2n) is 4.35. The molecule has 1 unspecified atom stereocenters. The Morgan fingerprint density at radius 3 is 2.25 bits per heavy atom. The summed E-state index contributed by atoms with van der Waals surface area (Å²) in [6, 6.07) is 2.07. The molecule has 0 saturated heterocycles. The number of hydrogen-bond donors (Lipinski definition) is 1. The van der Waals surface area contributed by atoms with Gasteiger partial charge in [0.05, 0.1) is 13.2 Å². The van der Waals surface area contributed by atoms with Gasteiger partial charge in [-0.25, -0.2) is 0 Å². The first-order valence-corrected chi connectivity index (χ1v) is 6.24. The molecule has 2 nitrogen and oxygen atoms in total. The van der Waals surface area contributed by atoms with Gasteiger partial charge < -0.3 is 9.84 Å². The topological polar surface area (TPSA) is 29.5 Å². The van der Waals surface area contributed by atoms with Gasteiger partial charge in [0, 0.05) is 10.0 Å². The Labute approximate surface area is 106 Å². The van der Waals surface area contributed by atoms with Gasteiger partial charge in [-0.3, -0.25) is 0 Å². The van der Waals surface area contributed by atoms with Gasteiger partial charge in [-0.2, -0.15) is 0 Å². The summed E-state index contributed by atoms with van der Waals surface area (Å²) >= 11 is 3.53. The van der Waals surface area contributed by atoms with Crippen LogP contribution in [0.4, 0.5) is 0 Å². The maximum Gasteiger partial charge on any atom is 0.128 e. The summed E-state index contributed by atoms with van der Waals surface area (Å²) in [4.78, 5) is 0. The minimum Gasteiger partial charge on any atom is -0.496 e. The molecule has 0 saturated carbocycles. The third-order valence-corrected chi connectivity index (χ3v) is 3.62. The van der Waals surface area contributed by atoms with Gasteiger partial charge in [0.15, 0.2) is 0 Å². The van der Waals surface area contributed by atoms with Crippen molar-refractivity contribution in [1.29, 1.82) is 0 Å². The fourth-order valence-corrected chi connectivity index (χ4v) is 2.38. The standard InChI is InChI=1S/C13H19BrO2/c1-7(2)10-6-11(14)8(3)12(9(4)15)13(10)16-5/h6-7,9,15H,1-5H3. The van der Waals surface area contributed by atoms with Crippen LogP contribution in [0, 0.1) is 6.92 Å². The molecule has 0 aliphatic rings. The molecule has 0 spiro atoms. The van der Waals surface area contributed by atoms with Crippen LogP contribution in [0.5, 0.6) is 5.75 Å². The highest BCUT2D eigenvalue weighted by molar-refractivity contribution is 9.10. The first kappa shape index (κ1) is 13.5. The molecule has 90 valence electrons. The predicted octanol–water partition coefficient (Wildman–Crippen LogP) is 3.94. The number of methoxy groups -OCH3 is 1. The molecule has 0 bridgehead atoms. The molecule has 1 aromatic carbocycles. The number of aliphatic hydroxyl groups is 1. The maximum absolute atomic E-state index is 9.85. The quantitative estimate of drug-likeness (QED) is 0.912. The van der Waals surface area contributed by atoms with Crippen molar-refractivity contribution in [3.63, 3.8) is 0 Å². The van der Waals surface area contributed by atoms with E-state index in [1.807, 2.05) is 6.92 Å². The van der Waals surface area contributed by atoms with Crippen LogP contribution in [0.25, 0.3) is 0 Å². The van der Waals surface area contributed by atoms with Gasteiger partial charge in [-0.05, 0) is 37.0 Å². The van der Waals surface area contributed by atoms with Crippen molar-refractivity contribution in [1.82, 2.24) is 0 Å². The second kappa shape index (κ2) is 5.19. The normalized spacial score (nSPS) is 13.0. The zero-order valence-electron chi connectivity index (χ0n) is 10.5. The van der Waals surface area contributed by atoms with Gasteiger partial charge in [0.2, 0.25) is 0 Å². The van der Waals surface area contributed by atoms with Crippen LogP contribution in [0.2, 0.25) is 0 Å². The lowest BCUT2D eigenvalue weighted by Gasteiger charge is -2.21. The van der Waals surface area contributed by atoms with Crippen LogP contribution in [0.3, 0.4) is 0 Å². The Balaban J connectivity index is 3.55. The summed E-state index contributed by atoms with van der Waals surface area (Å²) in [6.45, 7) is 7.98. The summed E-state index contributed by atoms with van der Waals surface area (Å²) < 4.78 is 6.48. The van der Waals surface area contributed by atoms with Gasteiger partial charge >= 0.3 is 0 Å². The van der Waals surface area contributed by atoms with Crippen LogP contribution >= 0.6 is 15.9 Å². The van der Waals surface area contributed by atoms with E-state index in [1.165, 1.54) is 0 Å². The zero-order valence-corrected chi connectivity index (χ0v) is 12.1. The van der Waals surface area contributed by atoms with Gasteiger partial charge in [0.1, 0.15) is 5.75 Å². The van der Waals surface area contributed by atoms with Crippen LogP contribution in [0.1, 0.15) is 49.5 Å². The lowest BCUT2D eigenvalue weighted by atomic mass is 9.94. The van der Waals surface area contributed by atoms with Crippen molar-refractivity contribution in [3.05, 3.63) is 27.2 Å². The highest BCUT2D eigenvalue weighted by Crippen LogP contribution is 2.39. The highest BCUT2D eigenvalue weighted by Gasteiger charge is 2.20. The van der Waals surface area contributed by atoms with Crippen molar-refractivity contribution in [3.8, 4) is 5.75 Å². The number of rotatable bonds is 3. The molecule has 1 N–H and O–H groups in total. The summed E-state index contributed by atoms with van der Waals surface area (Å²) in [5, 5.41) is 9.85.